The van der Waals surface area contributed by atoms with E-state index in [1.807, 2.05) is 25.3 Å². The Labute approximate surface area is 183 Å². The van der Waals surface area contributed by atoms with Crippen molar-refractivity contribution in [3.8, 4) is 5.75 Å². The van der Waals surface area contributed by atoms with Crippen molar-refractivity contribution in [3.05, 3.63) is 70.9 Å². The van der Waals surface area contributed by atoms with Gasteiger partial charge in [-0.25, -0.2) is 8.42 Å². The first-order valence-electron chi connectivity index (χ1n) is 10.2. The van der Waals surface area contributed by atoms with E-state index in [-0.39, 0.29) is 15.6 Å². The smallest absolute Gasteiger partial charge is 0.260 e. The number of methoxy groups -OCH3 is 1. The maximum atomic E-state index is 13.6. The highest BCUT2D eigenvalue weighted by Crippen LogP contribution is 2.36. The highest BCUT2D eigenvalue weighted by Gasteiger charge is 2.30. The van der Waals surface area contributed by atoms with Gasteiger partial charge in [0.25, 0.3) is 5.91 Å². The van der Waals surface area contributed by atoms with Crippen LogP contribution >= 0.6 is 0 Å². The zero-order valence-electron chi connectivity index (χ0n) is 18.5. The number of para-hydroxylation sites is 1. The highest BCUT2D eigenvalue weighted by molar-refractivity contribution is 7.91. The maximum Gasteiger partial charge on any atom is 0.260 e. The van der Waals surface area contributed by atoms with Crippen LogP contribution in [0.4, 0.5) is 5.82 Å². The molecule has 6 nitrogen and oxygen atoms in total. The molecule has 0 spiro atoms. The van der Waals surface area contributed by atoms with Crippen molar-refractivity contribution in [2.45, 2.75) is 50.5 Å². The fraction of sp³-hybridized carbons (Fsp3) is 0.292. The Morgan fingerprint density at radius 2 is 1.68 bits per heavy atom. The van der Waals surface area contributed by atoms with Gasteiger partial charge in [0.2, 0.25) is 9.84 Å². The minimum absolute atomic E-state index is 0.130. The van der Waals surface area contributed by atoms with Gasteiger partial charge < -0.3 is 14.6 Å². The minimum atomic E-state index is -3.85. The second-order valence-electron chi connectivity index (χ2n) is 7.51. The van der Waals surface area contributed by atoms with Gasteiger partial charge in [0.1, 0.15) is 16.5 Å². The number of anilines is 1. The van der Waals surface area contributed by atoms with Crippen molar-refractivity contribution in [1.29, 1.82) is 0 Å². The zero-order valence-corrected chi connectivity index (χ0v) is 19.3. The molecule has 164 valence electrons. The van der Waals surface area contributed by atoms with Crippen LogP contribution in [0.15, 0.2) is 58.3 Å². The number of hydrogen-bond acceptors (Lipinski definition) is 4. The van der Waals surface area contributed by atoms with E-state index in [4.69, 9.17) is 4.74 Å². The van der Waals surface area contributed by atoms with Crippen LogP contribution < -0.4 is 10.1 Å². The maximum absolute atomic E-state index is 13.6. The topological polar surface area (TPSA) is 77.4 Å². The van der Waals surface area contributed by atoms with Crippen LogP contribution in [-0.2, 0) is 16.4 Å². The molecule has 31 heavy (non-hydrogen) atoms. The van der Waals surface area contributed by atoms with Crippen molar-refractivity contribution >= 4 is 21.6 Å². The van der Waals surface area contributed by atoms with Gasteiger partial charge in [-0.15, -0.1) is 0 Å². The Hall–Kier alpha value is -3.06. The SMILES string of the molecule is CCCn1c(C)c(C)c(S(=O)(=O)c2ccc(C)cc2)c1NC(=O)c1ccccc1OC. The number of benzene rings is 2. The second kappa shape index (κ2) is 8.98. The fourth-order valence-corrected chi connectivity index (χ4v) is 5.33. The molecular weight excluding hydrogens is 412 g/mol. The number of carbonyl (C=O) groups is 1. The van der Waals surface area contributed by atoms with Crippen molar-refractivity contribution in [1.82, 2.24) is 4.57 Å². The van der Waals surface area contributed by atoms with Crippen LogP contribution in [0.25, 0.3) is 0 Å². The normalized spacial score (nSPS) is 11.4. The monoisotopic (exact) mass is 440 g/mol. The van der Waals surface area contributed by atoms with Crippen molar-refractivity contribution in [3.63, 3.8) is 0 Å². The summed E-state index contributed by atoms with van der Waals surface area (Å²) in [6, 6.07) is 13.6. The van der Waals surface area contributed by atoms with Crippen LogP contribution in [0.5, 0.6) is 5.75 Å². The first-order chi connectivity index (χ1) is 14.7. The predicted molar refractivity (Wildman–Crippen MR) is 122 cm³/mol. The van der Waals surface area contributed by atoms with Crippen molar-refractivity contribution in [2.24, 2.45) is 0 Å². The lowest BCUT2D eigenvalue weighted by Crippen LogP contribution is -2.18. The van der Waals surface area contributed by atoms with Crippen molar-refractivity contribution < 1.29 is 17.9 Å². The van der Waals surface area contributed by atoms with Crippen LogP contribution in [0.3, 0.4) is 0 Å². The van der Waals surface area contributed by atoms with Crippen LogP contribution in [0, 0.1) is 20.8 Å². The first kappa shape index (κ1) is 22.6. The van der Waals surface area contributed by atoms with E-state index in [1.54, 1.807) is 55.5 Å². The second-order valence-corrected chi connectivity index (χ2v) is 9.40. The van der Waals surface area contributed by atoms with E-state index in [2.05, 4.69) is 5.32 Å². The Balaban J connectivity index is 2.18. The third kappa shape index (κ3) is 4.23. The molecular formula is C24H28N2O4S. The number of aryl methyl sites for hydroxylation is 1. The Kier molecular flexibility index (Phi) is 6.55. The molecule has 0 atom stereocenters. The molecule has 3 aromatic rings. The zero-order chi connectivity index (χ0) is 22.8. The van der Waals surface area contributed by atoms with E-state index in [0.29, 0.717) is 23.4 Å². The molecule has 3 rings (SSSR count). The van der Waals surface area contributed by atoms with E-state index in [1.165, 1.54) is 7.11 Å². The summed E-state index contributed by atoms with van der Waals surface area (Å²) < 4.78 is 34.4. The van der Waals surface area contributed by atoms with Gasteiger partial charge in [-0.05, 0) is 57.0 Å². The largest absolute Gasteiger partial charge is 0.496 e. The summed E-state index contributed by atoms with van der Waals surface area (Å²) in [7, 11) is -2.35. The number of nitrogens with one attached hydrogen (secondary N) is 1. The molecule has 0 aliphatic carbocycles. The van der Waals surface area contributed by atoms with Gasteiger partial charge in [0.05, 0.1) is 17.6 Å². The average molecular weight is 441 g/mol. The lowest BCUT2D eigenvalue weighted by atomic mass is 10.2. The molecule has 0 radical (unpaired) electrons. The summed E-state index contributed by atoms with van der Waals surface area (Å²) in [5.41, 5.74) is 2.75. The molecule has 1 N–H and O–H groups in total. The Bertz CT molecular complexity index is 1210. The first-order valence-corrected chi connectivity index (χ1v) is 11.7. The summed E-state index contributed by atoms with van der Waals surface area (Å²) in [5, 5.41) is 2.87. The average Bonchev–Trinajstić information content (AvgIpc) is 2.99. The molecule has 0 saturated heterocycles. The molecule has 0 aliphatic rings. The number of sulfone groups is 1. The summed E-state index contributed by atoms with van der Waals surface area (Å²) in [5.74, 6) is 0.283. The van der Waals surface area contributed by atoms with Crippen LogP contribution in [0.1, 0.15) is 40.5 Å². The summed E-state index contributed by atoms with van der Waals surface area (Å²) in [4.78, 5) is 13.5. The molecule has 0 fully saturated rings. The summed E-state index contributed by atoms with van der Waals surface area (Å²) in [6.45, 7) is 8.15. The van der Waals surface area contributed by atoms with Crippen molar-refractivity contribution in [2.75, 3.05) is 12.4 Å². The third-order valence-electron chi connectivity index (χ3n) is 5.40. The molecule has 0 unspecified atom stereocenters. The van der Waals surface area contributed by atoms with E-state index >= 15 is 0 Å². The van der Waals surface area contributed by atoms with Crippen LogP contribution in [-0.4, -0.2) is 26.0 Å². The molecule has 7 heteroatoms. The number of ether oxygens (including phenoxy) is 1. The molecule has 1 aromatic heterocycles. The summed E-state index contributed by atoms with van der Waals surface area (Å²) >= 11 is 0. The number of amides is 1. The Morgan fingerprint density at radius 3 is 2.29 bits per heavy atom. The molecule has 0 saturated carbocycles. The van der Waals surface area contributed by atoms with Crippen LogP contribution in [0.2, 0.25) is 0 Å². The number of rotatable bonds is 7. The number of carbonyl (C=O) groups excluding carboxylic acids is 1. The summed E-state index contributed by atoms with van der Waals surface area (Å²) in [6.07, 6.45) is 0.788. The van der Waals surface area contributed by atoms with Gasteiger partial charge >= 0.3 is 0 Å². The quantitative estimate of drug-likeness (QED) is 0.566. The van der Waals surface area contributed by atoms with Gasteiger partial charge in [-0.1, -0.05) is 36.8 Å². The van der Waals surface area contributed by atoms with Gasteiger partial charge in [0, 0.05) is 12.2 Å². The molecule has 1 heterocycles. The molecule has 0 bridgehead atoms. The predicted octanol–water partition coefficient (Wildman–Crippen LogP) is 4.92. The number of aromatic nitrogens is 1. The Morgan fingerprint density at radius 1 is 1.03 bits per heavy atom. The van der Waals surface area contributed by atoms with Gasteiger partial charge in [-0.2, -0.15) is 0 Å². The third-order valence-corrected chi connectivity index (χ3v) is 7.33. The number of hydrogen-bond donors (Lipinski definition) is 1. The molecule has 1 amide bonds. The molecule has 0 aliphatic heterocycles. The van der Waals surface area contributed by atoms with E-state index < -0.39 is 15.7 Å². The lowest BCUT2D eigenvalue weighted by molar-refractivity contribution is 0.102. The standard InChI is InChI=1S/C24H28N2O4S/c1-6-15-26-18(4)17(3)22(31(28,29)19-13-11-16(2)12-14-19)23(26)25-24(27)20-9-7-8-10-21(20)30-5/h7-14H,6,15H2,1-5H3,(H,25,27). The fourth-order valence-electron chi connectivity index (χ4n) is 3.63. The number of nitrogens with zero attached hydrogens (tertiary/aromatic N) is 1. The van der Waals surface area contributed by atoms with Gasteiger partial charge in [0.15, 0.2) is 0 Å². The van der Waals surface area contributed by atoms with E-state index in [0.717, 1.165) is 17.7 Å². The minimum Gasteiger partial charge on any atom is -0.496 e. The van der Waals surface area contributed by atoms with E-state index in [9.17, 15) is 13.2 Å². The van der Waals surface area contributed by atoms with Gasteiger partial charge in [-0.3, -0.25) is 4.79 Å². The lowest BCUT2D eigenvalue weighted by Gasteiger charge is -2.15. The highest BCUT2D eigenvalue weighted by atomic mass is 32.2. The molecule has 2 aromatic carbocycles.